The summed E-state index contributed by atoms with van der Waals surface area (Å²) in [6.45, 7) is 0.886. The van der Waals surface area contributed by atoms with E-state index in [1.165, 1.54) is 42.8 Å². The van der Waals surface area contributed by atoms with E-state index in [0.29, 0.717) is 23.0 Å². The van der Waals surface area contributed by atoms with Crippen molar-refractivity contribution in [1.29, 1.82) is 0 Å². The van der Waals surface area contributed by atoms with Crippen LogP contribution in [0.25, 0.3) is 11.0 Å². The Morgan fingerprint density at radius 3 is 2.92 bits per heavy atom. The van der Waals surface area contributed by atoms with E-state index in [9.17, 15) is 9.59 Å². The highest BCUT2D eigenvalue weighted by Gasteiger charge is 2.35. The van der Waals surface area contributed by atoms with E-state index in [1.54, 1.807) is 11.7 Å². The molecule has 1 saturated heterocycles. The quantitative estimate of drug-likeness (QED) is 0.833. The first kappa shape index (κ1) is 15.4. The number of aryl methyl sites for hydroxylation is 1. The van der Waals surface area contributed by atoms with Crippen molar-refractivity contribution in [2.75, 3.05) is 6.54 Å². The number of carbonyl (C=O) groups excluding carboxylic acids is 1. The van der Waals surface area contributed by atoms with E-state index in [0.717, 1.165) is 19.4 Å². The van der Waals surface area contributed by atoms with Crippen LogP contribution in [0.3, 0.4) is 0 Å². The van der Waals surface area contributed by atoms with Crippen LogP contribution in [0.5, 0.6) is 0 Å². The predicted molar refractivity (Wildman–Crippen MR) is 89.5 cm³/mol. The maximum atomic E-state index is 12.8. The Hall–Kier alpha value is -2.18. The van der Waals surface area contributed by atoms with Gasteiger partial charge in [0.1, 0.15) is 18.3 Å². The summed E-state index contributed by atoms with van der Waals surface area (Å²) < 4.78 is 2.99. The van der Waals surface area contributed by atoms with Gasteiger partial charge in [0.25, 0.3) is 5.56 Å². The van der Waals surface area contributed by atoms with Crippen molar-refractivity contribution in [3.63, 3.8) is 0 Å². The van der Waals surface area contributed by atoms with Crippen molar-refractivity contribution in [1.82, 2.24) is 24.2 Å². The molecule has 0 unspecified atom stereocenters. The zero-order valence-corrected chi connectivity index (χ0v) is 14.0. The molecule has 3 heterocycles. The molecule has 1 amide bonds. The number of carbonyl (C=O) groups is 1. The Kier molecular flexibility index (Phi) is 3.86. The number of aromatic nitrogens is 4. The van der Waals surface area contributed by atoms with Crippen molar-refractivity contribution in [2.45, 2.75) is 51.1 Å². The number of fused-ring (bicyclic) bond motifs is 2. The van der Waals surface area contributed by atoms with E-state index in [2.05, 4.69) is 10.1 Å². The summed E-state index contributed by atoms with van der Waals surface area (Å²) in [5.41, 5.74) is 0.354. The Morgan fingerprint density at radius 1 is 1.25 bits per heavy atom. The number of rotatable bonds is 2. The number of piperidine rings is 1. The third kappa shape index (κ3) is 2.52. The Labute approximate surface area is 140 Å². The van der Waals surface area contributed by atoms with Gasteiger partial charge in [-0.3, -0.25) is 18.8 Å². The Balaban J connectivity index is 1.57. The lowest BCUT2D eigenvalue weighted by Gasteiger charge is -2.44. The first-order chi connectivity index (χ1) is 11.6. The van der Waals surface area contributed by atoms with Gasteiger partial charge in [-0.15, -0.1) is 0 Å². The molecule has 0 N–H and O–H groups in total. The van der Waals surface area contributed by atoms with Crippen LogP contribution in [0.4, 0.5) is 0 Å². The molecular formula is C17H23N5O2. The van der Waals surface area contributed by atoms with Gasteiger partial charge >= 0.3 is 0 Å². The third-order valence-electron chi connectivity index (χ3n) is 5.59. The third-order valence-corrected chi connectivity index (χ3v) is 5.59. The van der Waals surface area contributed by atoms with Crippen LogP contribution in [-0.2, 0) is 18.4 Å². The van der Waals surface area contributed by atoms with Crippen molar-refractivity contribution < 1.29 is 4.79 Å². The molecule has 7 nitrogen and oxygen atoms in total. The highest BCUT2D eigenvalue weighted by atomic mass is 16.2. The molecule has 4 rings (SSSR count). The van der Waals surface area contributed by atoms with Crippen LogP contribution >= 0.6 is 0 Å². The summed E-state index contributed by atoms with van der Waals surface area (Å²) in [5.74, 6) is 0.686. The minimum atomic E-state index is -0.196. The maximum absolute atomic E-state index is 12.8. The SMILES string of the molecule is Cn1ncc2c(=O)n(CC(=O)N3CCC[C@H]4CCCC[C@H]43)cnc21. The van der Waals surface area contributed by atoms with Crippen LogP contribution in [0.1, 0.15) is 38.5 Å². The van der Waals surface area contributed by atoms with Gasteiger partial charge in [0.2, 0.25) is 5.91 Å². The van der Waals surface area contributed by atoms with Gasteiger partial charge in [0, 0.05) is 19.6 Å². The normalized spacial score (nSPS) is 24.1. The van der Waals surface area contributed by atoms with Crippen LogP contribution in [0.2, 0.25) is 0 Å². The van der Waals surface area contributed by atoms with Gasteiger partial charge in [0.05, 0.1) is 6.20 Å². The number of amides is 1. The van der Waals surface area contributed by atoms with Crippen molar-refractivity contribution in [3.05, 3.63) is 22.9 Å². The first-order valence-corrected chi connectivity index (χ1v) is 8.82. The van der Waals surface area contributed by atoms with Crippen LogP contribution < -0.4 is 5.56 Å². The first-order valence-electron chi connectivity index (χ1n) is 8.82. The van der Waals surface area contributed by atoms with Crippen molar-refractivity contribution in [2.24, 2.45) is 13.0 Å². The summed E-state index contributed by atoms with van der Waals surface area (Å²) in [6.07, 6.45) is 10.1. The van der Waals surface area contributed by atoms with Gasteiger partial charge < -0.3 is 4.90 Å². The van der Waals surface area contributed by atoms with E-state index >= 15 is 0 Å². The summed E-state index contributed by atoms with van der Waals surface area (Å²) in [5, 5.41) is 4.53. The number of hydrogen-bond donors (Lipinski definition) is 0. The molecule has 2 aromatic rings. The lowest BCUT2D eigenvalue weighted by molar-refractivity contribution is -0.138. The monoisotopic (exact) mass is 329 g/mol. The summed E-state index contributed by atoms with van der Waals surface area (Å²) >= 11 is 0. The fraction of sp³-hybridized carbons (Fsp3) is 0.647. The largest absolute Gasteiger partial charge is 0.338 e. The molecule has 24 heavy (non-hydrogen) atoms. The Bertz CT molecular complexity index is 822. The molecule has 2 fully saturated rings. The fourth-order valence-electron chi connectivity index (χ4n) is 4.35. The van der Waals surface area contributed by atoms with E-state index in [-0.39, 0.29) is 18.0 Å². The molecule has 0 bridgehead atoms. The molecule has 7 heteroatoms. The number of nitrogens with zero attached hydrogens (tertiary/aromatic N) is 5. The zero-order chi connectivity index (χ0) is 16.7. The lowest BCUT2D eigenvalue weighted by Crippen LogP contribution is -2.51. The molecule has 0 radical (unpaired) electrons. The van der Waals surface area contributed by atoms with Gasteiger partial charge in [-0.1, -0.05) is 12.8 Å². The van der Waals surface area contributed by atoms with E-state index in [1.807, 2.05) is 4.90 Å². The average molecular weight is 329 g/mol. The average Bonchev–Trinajstić information content (AvgIpc) is 2.98. The zero-order valence-electron chi connectivity index (χ0n) is 14.0. The van der Waals surface area contributed by atoms with Crippen LogP contribution in [0, 0.1) is 5.92 Å². The molecule has 2 aliphatic rings. The molecular weight excluding hydrogens is 306 g/mol. The molecule has 1 aliphatic carbocycles. The van der Waals surface area contributed by atoms with Crippen molar-refractivity contribution >= 4 is 16.9 Å². The predicted octanol–water partition coefficient (Wildman–Crippen LogP) is 1.31. The molecule has 0 aromatic carbocycles. The van der Waals surface area contributed by atoms with Gasteiger partial charge in [-0.2, -0.15) is 5.10 Å². The van der Waals surface area contributed by atoms with Crippen molar-refractivity contribution in [3.8, 4) is 0 Å². The summed E-state index contributed by atoms with van der Waals surface area (Å²) in [6, 6.07) is 0.366. The van der Waals surface area contributed by atoms with Gasteiger partial charge in [-0.25, -0.2) is 4.98 Å². The second-order valence-corrected chi connectivity index (χ2v) is 7.02. The number of likely N-dealkylation sites (tertiary alicyclic amines) is 1. The van der Waals surface area contributed by atoms with Gasteiger partial charge in [-0.05, 0) is 31.6 Å². The Morgan fingerprint density at radius 2 is 2.04 bits per heavy atom. The minimum Gasteiger partial charge on any atom is -0.338 e. The molecule has 2 aromatic heterocycles. The molecule has 1 aliphatic heterocycles. The smallest absolute Gasteiger partial charge is 0.264 e. The summed E-state index contributed by atoms with van der Waals surface area (Å²) in [4.78, 5) is 31.7. The van der Waals surface area contributed by atoms with Gasteiger partial charge in [0.15, 0.2) is 5.65 Å². The highest BCUT2D eigenvalue weighted by molar-refractivity contribution is 5.77. The topological polar surface area (TPSA) is 73.0 Å². The second-order valence-electron chi connectivity index (χ2n) is 7.02. The highest BCUT2D eigenvalue weighted by Crippen LogP contribution is 2.35. The van der Waals surface area contributed by atoms with Crippen LogP contribution in [-0.4, -0.2) is 42.7 Å². The standard InChI is InChI=1S/C17H23N5O2/c1-20-16-13(9-19-20)17(24)21(11-18-16)10-15(23)22-8-4-6-12-5-2-3-7-14(12)22/h9,11-12,14H,2-8,10H2,1H3/t12-,14-/m1/s1. The maximum Gasteiger partial charge on any atom is 0.264 e. The summed E-state index contributed by atoms with van der Waals surface area (Å²) in [7, 11) is 1.75. The fourth-order valence-corrected chi connectivity index (χ4v) is 4.35. The lowest BCUT2D eigenvalue weighted by atomic mass is 9.78. The van der Waals surface area contributed by atoms with Crippen LogP contribution in [0.15, 0.2) is 17.3 Å². The number of hydrogen-bond acceptors (Lipinski definition) is 4. The van der Waals surface area contributed by atoms with E-state index in [4.69, 9.17) is 0 Å². The van der Waals surface area contributed by atoms with E-state index < -0.39 is 0 Å². The molecule has 1 saturated carbocycles. The second kappa shape index (κ2) is 6.03. The minimum absolute atomic E-state index is 0.0405. The molecule has 2 atom stereocenters. The molecule has 128 valence electrons. The molecule has 0 spiro atoms.